The molecular formula is C15H14ClF3. The molecular weight excluding hydrogens is 273 g/mol. The first-order valence-electron chi connectivity index (χ1n) is 5.65. The minimum Gasteiger partial charge on any atom is -0.166 e. The van der Waals surface area contributed by atoms with Crippen molar-refractivity contribution in [3.05, 3.63) is 70.2 Å². The largest absolute Gasteiger partial charge is 0.416 e. The van der Waals surface area contributed by atoms with Gasteiger partial charge in [0.2, 0.25) is 0 Å². The van der Waals surface area contributed by atoms with Crippen LogP contribution in [-0.2, 0) is 6.18 Å². The van der Waals surface area contributed by atoms with Crippen molar-refractivity contribution in [3.63, 3.8) is 0 Å². The summed E-state index contributed by atoms with van der Waals surface area (Å²) in [5, 5.41) is 0.810. The lowest BCUT2D eigenvalue weighted by Crippen LogP contribution is -2.03. The fraction of sp³-hybridized carbons (Fsp3) is 0.200. The van der Waals surface area contributed by atoms with Gasteiger partial charge in [-0.1, -0.05) is 41.4 Å². The molecule has 0 atom stereocenters. The Morgan fingerprint density at radius 1 is 0.842 bits per heavy atom. The monoisotopic (exact) mass is 286 g/mol. The van der Waals surface area contributed by atoms with E-state index in [0.29, 0.717) is 0 Å². The van der Waals surface area contributed by atoms with Crippen LogP contribution in [0.1, 0.15) is 16.7 Å². The molecule has 0 fully saturated rings. The lowest BCUT2D eigenvalue weighted by atomic mass is 10.1. The zero-order chi connectivity index (χ0) is 14.5. The van der Waals surface area contributed by atoms with E-state index < -0.39 is 11.7 Å². The van der Waals surface area contributed by atoms with Gasteiger partial charge in [0, 0.05) is 5.02 Å². The average Bonchev–Trinajstić information content (AvgIpc) is 2.28. The maximum Gasteiger partial charge on any atom is 0.416 e. The molecule has 4 heteroatoms. The Bertz CT molecular complexity index is 498. The molecule has 0 saturated carbocycles. The fourth-order valence-corrected chi connectivity index (χ4v) is 1.59. The second-order valence-electron chi connectivity index (χ2n) is 4.16. The molecule has 0 saturated heterocycles. The quantitative estimate of drug-likeness (QED) is 0.586. The maximum atomic E-state index is 11.9. The number of hydrogen-bond donors (Lipinski definition) is 0. The Balaban J connectivity index is 0.000000200. The summed E-state index contributed by atoms with van der Waals surface area (Å²) in [4.78, 5) is 0. The van der Waals surface area contributed by atoms with Crippen LogP contribution >= 0.6 is 11.6 Å². The molecule has 0 nitrogen and oxygen atoms in total. The Labute approximate surface area is 115 Å². The molecule has 19 heavy (non-hydrogen) atoms. The minimum atomic E-state index is -4.21. The van der Waals surface area contributed by atoms with Gasteiger partial charge in [-0.3, -0.25) is 0 Å². The number of hydrogen-bond acceptors (Lipinski definition) is 0. The zero-order valence-electron chi connectivity index (χ0n) is 10.6. The molecule has 102 valence electrons. The molecule has 0 radical (unpaired) electrons. The molecule has 0 aromatic heterocycles. The van der Waals surface area contributed by atoms with E-state index in [1.165, 1.54) is 17.7 Å². The summed E-state index contributed by atoms with van der Waals surface area (Å²) in [5.74, 6) is 0. The van der Waals surface area contributed by atoms with E-state index >= 15 is 0 Å². The number of alkyl halides is 3. The minimum absolute atomic E-state index is 0.594. The van der Waals surface area contributed by atoms with Crippen molar-refractivity contribution in [2.24, 2.45) is 0 Å². The average molecular weight is 287 g/mol. The van der Waals surface area contributed by atoms with Crippen LogP contribution in [0.5, 0.6) is 0 Å². The normalized spacial score (nSPS) is 10.6. The van der Waals surface area contributed by atoms with Gasteiger partial charge >= 0.3 is 6.18 Å². The third-order valence-corrected chi connectivity index (χ3v) is 2.59. The van der Waals surface area contributed by atoms with Crippen LogP contribution in [0.4, 0.5) is 13.2 Å². The molecule has 2 rings (SSSR count). The van der Waals surface area contributed by atoms with Gasteiger partial charge in [-0.2, -0.15) is 13.2 Å². The molecule has 0 aliphatic carbocycles. The lowest BCUT2D eigenvalue weighted by molar-refractivity contribution is -0.137. The second kappa shape index (κ2) is 6.62. The molecule has 2 aromatic rings. The highest BCUT2D eigenvalue weighted by Crippen LogP contribution is 2.28. The van der Waals surface area contributed by atoms with E-state index in [1.54, 1.807) is 6.92 Å². The molecule has 0 aliphatic rings. The SMILES string of the molecule is Cc1ccc(C(F)(F)F)cc1.Cc1cccc(Cl)c1. The highest BCUT2D eigenvalue weighted by Gasteiger charge is 2.29. The Kier molecular flexibility index (Phi) is 5.43. The molecule has 0 bridgehead atoms. The van der Waals surface area contributed by atoms with Crippen LogP contribution in [0.2, 0.25) is 5.02 Å². The van der Waals surface area contributed by atoms with E-state index in [4.69, 9.17) is 11.6 Å². The summed E-state index contributed by atoms with van der Waals surface area (Å²) < 4.78 is 35.8. The predicted octanol–water partition coefficient (Wildman–Crippen LogP) is 5.66. The van der Waals surface area contributed by atoms with E-state index in [0.717, 1.165) is 22.7 Å². The topological polar surface area (TPSA) is 0 Å². The van der Waals surface area contributed by atoms with Crippen molar-refractivity contribution in [1.29, 1.82) is 0 Å². The number of aryl methyl sites for hydroxylation is 2. The van der Waals surface area contributed by atoms with Crippen molar-refractivity contribution in [2.75, 3.05) is 0 Å². The van der Waals surface area contributed by atoms with E-state index in [2.05, 4.69) is 0 Å². The molecule has 0 unspecified atom stereocenters. The molecule has 0 spiro atoms. The van der Waals surface area contributed by atoms with Crippen LogP contribution < -0.4 is 0 Å². The second-order valence-corrected chi connectivity index (χ2v) is 4.60. The molecule has 0 aliphatic heterocycles. The molecule has 2 aromatic carbocycles. The maximum absolute atomic E-state index is 11.9. The van der Waals surface area contributed by atoms with Gasteiger partial charge in [0.05, 0.1) is 5.56 Å². The number of halogens is 4. The summed E-state index contributed by atoms with van der Waals surface area (Å²) in [6, 6.07) is 12.8. The van der Waals surface area contributed by atoms with Crippen LogP contribution in [-0.4, -0.2) is 0 Å². The summed E-state index contributed by atoms with van der Waals surface area (Å²) in [6.07, 6.45) is -4.21. The molecule has 0 amide bonds. The van der Waals surface area contributed by atoms with Gasteiger partial charge in [-0.25, -0.2) is 0 Å². The van der Waals surface area contributed by atoms with Crippen LogP contribution in [0.25, 0.3) is 0 Å². The Morgan fingerprint density at radius 2 is 1.42 bits per heavy atom. The van der Waals surface area contributed by atoms with Gasteiger partial charge in [0.25, 0.3) is 0 Å². The highest BCUT2D eigenvalue weighted by atomic mass is 35.5. The Hall–Kier alpha value is -1.48. The zero-order valence-corrected chi connectivity index (χ0v) is 11.4. The van der Waals surface area contributed by atoms with Crippen LogP contribution in [0.15, 0.2) is 48.5 Å². The summed E-state index contributed by atoms with van der Waals surface area (Å²) in [6.45, 7) is 3.77. The molecule has 0 N–H and O–H groups in total. The van der Waals surface area contributed by atoms with E-state index in [9.17, 15) is 13.2 Å². The highest BCUT2D eigenvalue weighted by molar-refractivity contribution is 6.30. The lowest BCUT2D eigenvalue weighted by Gasteiger charge is -2.05. The van der Waals surface area contributed by atoms with Gasteiger partial charge in [0.1, 0.15) is 0 Å². The smallest absolute Gasteiger partial charge is 0.166 e. The van der Waals surface area contributed by atoms with Crippen LogP contribution in [0, 0.1) is 13.8 Å². The number of benzene rings is 2. The Morgan fingerprint density at radius 3 is 1.79 bits per heavy atom. The van der Waals surface area contributed by atoms with E-state index in [-0.39, 0.29) is 0 Å². The third kappa shape index (κ3) is 5.79. The summed E-state index contributed by atoms with van der Waals surface area (Å²) in [7, 11) is 0. The van der Waals surface area contributed by atoms with E-state index in [1.807, 2.05) is 31.2 Å². The first-order chi connectivity index (χ1) is 8.79. The number of rotatable bonds is 0. The van der Waals surface area contributed by atoms with Crippen LogP contribution in [0.3, 0.4) is 0 Å². The van der Waals surface area contributed by atoms with Crippen molar-refractivity contribution in [3.8, 4) is 0 Å². The first-order valence-corrected chi connectivity index (χ1v) is 6.03. The van der Waals surface area contributed by atoms with Crippen molar-refractivity contribution >= 4 is 11.6 Å². The van der Waals surface area contributed by atoms with Gasteiger partial charge in [-0.05, 0) is 43.7 Å². The van der Waals surface area contributed by atoms with Crippen molar-refractivity contribution in [2.45, 2.75) is 20.0 Å². The van der Waals surface area contributed by atoms with Crippen molar-refractivity contribution < 1.29 is 13.2 Å². The third-order valence-electron chi connectivity index (χ3n) is 2.36. The van der Waals surface area contributed by atoms with Gasteiger partial charge in [0.15, 0.2) is 0 Å². The van der Waals surface area contributed by atoms with Gasteiger partial charge < -0.3 is 0 Å². The fourth-order valence-electron chi connectivity index (χ4n) is 1.35. The molecule has 0 heterocycles. The predicted molar refractivity (Wildman–Crippen MR) is 72.4 cm³/mol. The first kappa shape index (κ1) is 15.6. The summed E-state index contributed by atoms with van der Waals surface area (Å²) in [5.41, 5.74) is 1.44. The summed E-state index contributed by atoms with van der Waals surface area (Å²) >= 11 is 5.64. The van der Waals surface area contributed by atoms with Crippen molar-refractivity contribution in [1.82, 2.24) is 0 Å². The van der Waals surface area contributed by atoms with Gasteiger partial charge in [-0.15, -0.1) is 0 Å². The standard InChI is InChI=1S/C8H7F3.C7H7Cl/c1-6-2-4-7(5-3-6)8(9,10)11;1-6-3-2-4-7(8)5-6/h2-5H,1H3;2-5H,1H3.